The van der Waals surface area contributed by atoms with Gasteiger partial charge in [0, 0.05) is 37.3 Å². The minimum absolute atomic E-state index is 0. The number of nitrogens with two attached hydrogens (primary N) is 1. The molecule has 0 atom stereocenters. The first-order valence-electron chi connectivity index (χ1n) is 13.6. The average Bonchev–Trinajstić information content (AvgIpc) is 3.54. The number of nitrogens with one attached hydrogen (secondary N) is 2. The monoisotopic (exact) mass is 556 g/mol. The van der Waals surface area contributed by atoms with Gasteiger partial charge < -0.3 is 30.6 Å². The normalized spacial score (nSPS) is 22.8. The summed E-state index contributed by atoms with van der Waals surface area (Å²) < 4.78 is 7.56. The van der Waals surface area contributed by atoms with Gasteiger partial charge in [0.2, 0.25) is 5.95 Å². The van der Waals surface area contributed by atoms with E-state index in [9.17, 15) is 4.79 Å². The van der Waals surface area contributed by atoms with Gasteiger partial charge in [-0.25, -0.2) is 9.78 Å². The van der Waals surface area contributed by atoms with Crippen LogP contribution in [-0.4, -0.2) is 68.3 Å². The predicted octanol–water partition coefficient (Wildman–Crippen LogP) is 4.89. The number of aromatic nitrogens is 4. The second kappa shape index (κ2) is 13.7. The molecule has 0 spiro atoms. The summed E-state index contributed by atoms with van der Waals surface area (Å²) in [5.41, 5.74) is 7.85. The van der Waals surface area contributed by atoms with Crippen molar-refractivity contribution in [3.05, 3.63) is 6.33 Å². The van der Waals surface area contributed by atoms with Gasteiger partial charge in [-0.15, -0.1) is 24.8 Å². The van der Waals surface area contributed by atoms with Gasteiger partial charge in [-0.2, -0.15) is 9.97 Å². The van der Waals surface area contributed by atoms with Crippen LogP contribution in [-0.2, 0) is 4.74 Å². The number of amides is 1. The number of hydrogen-bond acceptors (Lipinski definition) is 8. The van der Waals surface area contributed by atoms with Crippen molar-refractivity contribution in [2.24, 2.45) is 5.73 Å². The molecule has 1 saturated heterocycles. The first kappa shape index (κ1) is 29.5. The summed E-state index contributed by atoms with van der Waals surface area (Å²) in [5.74, 6) is 1.45. The fourth-order valence-electron chi connectivity index (χ4n) is 5.66. The second-order valence-corrected chi connectivity index (χ2v) is 10.4. The molecule has 3 aliphatic rings. The predicted molar refractivity (Wildman–Crippen MR) is 151 cm³/mol. The highest BCUT2D eigenvalue weighted by molar-refractivity contribution is 5.86. The first-order valence-corrected chi connectivity index (χ1v) is 13.6. The van der Waals surface area contributed by atoms with Crippen LogP contribution in [0.5, 0.6) is 0 Å². The van der Waals surface area contributed by atoms with Crippen LogP contribution in [0.3, 0.4) is 0 Å². The van der Waals surface area contributed by atoms with Crippen LogP contribution in [0.1, 0.15) is 83.6 Å². The number of nitrogens with zero attached hydrogens (tertiary/aromatic N) is 5. The van der Waals surface area contributed by atoms with E-state index in [4.69, 9.17) is 25.4 Å². The quantitative estimate of drug-likeness (QED) is 0.440. The molecule has 12 heteroatoms. The SMILES string of the molecule is CCCOC(=O)N1CCC(Nc2nc(N[C@H]3CC[C@H](N)CC3)nc3c2ncn3C2CCCC2)CC1.Cl.Cl. The van der Waals surface area contributed by atoms with Gasteiger partial charge in [-0.05, 0) is 57.8 Å². The van der Waals surface area contributed by atoms with E-state index in [1.807, 2.05) is 13.3 Å². The maximum Gasteiger partial charge on any atom is 0.409 e. The van der Waals surface area contributed by atoms with E-state index in [1.165, 1.54) is 25.7 Å². The Labute approximate surface area is 231 Å². The molecule has 2 aromatic rings. The van der Waals surface area contributed by atoms with Crippen molar-refractivity contribution in [2.75, 3.05) is 30.3 Å². The van der Waals surface area contributed by atoms with Gasteiger partial charge >= 0.3 is 6.09 Å². The molecule has 208 valence electrons. The molecule has 0 bridgehead atoms. The van der Waals surface area contributed by atoms with Crippen molar-refractivity contribution in [3.63, 3.8) is 0 Å². The molecule has 10 nitrogen and oxygen atoms in total. The summed E-state index contributed by atoms with van der Waals surface area (Å²) in [6.45, 7) is 3.84. The van der Waals surface area contributed by atoms with Crippen LogP contribution >= 0.6 is 24.8 Å². The van der Waals surface area contributed by atoms with Crippen LogP contribution in [0.4, 0.5) is 16.6 Å². The van der Waals surface area contributed by atoms with Crippen molar-refractivity contribution in [2.45, 2.75) is 102 Å². The van der Waals surface area contributed by atoms with E-state index in [-0.39, 0.29) is 36.9 Å². The maximum absolute atomic E-state index is 12.2. The van der Waals surface area contributed by atoms with Gasteiger partial charge in [0.15, 0.2) is 17.0 Å². The van der Waals surface area contributed by atoms with E-state index in [1.54, 1.807) is 4.90 Å². The Morgan fingerprint density at radius 2 is 1.68 bits per heavy atom. The van der Waals surface area contributed by atoms with E-state index < -0.39 is 0 Å². The van der Waals surface area contributed by atoms with Crippen LogP contribution in [0.25, 0.3) is 11.2 Å². The molecule has 3 fully saturated rings. The third kappa shape index (κ3) is 7.09. The summed E-state index contributed by atoms with van der Waals surface area (Å²) >= 11 is 0. The molecule has 5 rings (SSSR count). The Morgan fingerprint density at radius 3 is 2.35 bits per heavy atom. The highest BCUT2D eigenvalue weighted by atomic mass is 35.5. The summed E-state index contributed by atoms with van der Waals surface area (Å²) in [4.78, 5) is 28.6. The standard InChI is InChI=1S/C25H40N8O2.2ClH/c1-2-15-35-25(34)32-13-11-19(12-14-32)28-22-21-23(33(16-27-21)20-5-3-4-6-20)31-24(30-22)29-18-9-7-17(26)8-10-18;;/h16-20H,2-15,26H2,1H3,(H2,28,29,30,31);2*1H/t17-,18-;;. The van der Waals surface area contributed by atoms with E-state index in [0.717, 1.165) is 61.9 Å². The van der Waals surface area contributed by atoms with Crippen molar-refractivity contribution < 1.29 is 9.53 Å². The molecule has 2 saturated carbocycles. The van der Waals surface area contributed by atoms with Crippen LogP contribution in [0, 0.1) is 0 Å². The molecule has 0 aromatic carbocycles. The summed E-state index contributed by atoms with van der Waals surface area (Å²) in [5, 5.41) is 7.24. The lowest BCUT2D eigenvalue weighted by Gasteiger charge is -2.32. The van der Waals surface area contributed by atoms with Gasteiger partial charge in [0.25, 0.3) is 0 Å². The number of anilines is 2. The van der Waals surface area contributed by atoms with Crippen LogP contribution in [0.15, 0.2) is 6.33 Å². The fraction of sp³-hybridized carbons (Fsp3) is 0.760. The van der Waals surface area contributed by atoms with Crippen molar-refractivity contribution >= 4 is 53.8 Å². The zero-order chi connectivity index (χ0) is 24.2. The third-order valence-electron chi connectivity index (χ3n) is 7.77. The van der Waals surface area contributed by atoms with Crippen molar-refractivity contribution in [1.82, 2.24) is 24.4 Å². The van der Waals surface area contributed by atoms with E-state index >= 15 is 0 Å². The average molecular weight is 558 g/mol. The number of piperidine rings is 1. The highest BCUT2D eigenvalue weighted by Gasteiger charge is 2.27. The number of rotatable bonds is 7. The highest BCUT2D eigenvalue weighted by Crippen LogP contribution is 2.34. The van der Waals surface area contributed by atoms with Crippen molar-refractivity contribution in [1.29, 1.82) is 0 Å². The number of imidazole rings is 1. The second-order valence-electron chi connectivity index (χ2n) is 10.4. The minimum atomic E-state index is -0.205. The number of ether oxygens (including phenoxy) is 1. The van der Waals surface area contributed by atoms with Gasteiger partial charge in [0.1, 0.15) is 0 Å². The van der Waals surface area contributed by atoms with Crippen molar-refractivity contribution in [3.8, 4) is 0 Å². The fourth-order valence-corrected chi connectivity index (χ4v) is 5.66. The smallest absolute Gasteiger partial charge is 0.409 e. The molecule has 2 aromatic heterocycles. The Morgan fingerprint density at radius 1 is 1.00 bits per heavy atom. The lowest BCUT2D eigenvalue weighted by atomic mass is 9.92. The topological polar surface area (TPSA) is 123 Å². The Kier molecular flexibility index (Phi) is 10.9. The minimum Gasteiger partial charge on any atom is -0.449 e. The zero-order valence-electron chi connectivity index (χ0n) is 21.7. The molecule has 37 heavy (non-hydrogen) atoms. The molecular weight excluding hydrogens is 515 g/mol. The first-order chi connectivity index (χ1) is 17.1. The molecule has 2 aliphatic carbocycles. The maximum atomic E-state index is 12.2. The van der Waals surface area contributed by atoms with Gasteiger partial charge in [0.05, 0.1) is 12.9 Å². The number of halogens is 2. The van der Waals surface area contributed by atoms with Gasteiger partial charge in [-0.3, -0.25) is 0 Å². The Hall–Kier alpha value is -2.04. The van der Waals surface area contributed by atoms with Crippen LogP contribution in [0.2, 0.25) is 0 Å². The Balaban J connectivity index is 0.00000190. The number of carbonyl (C=O) groups excluding carboxylic acids is 1. The number of carbonyl (C=O) groups is 1. The van der Waals surface area contributed by atoms with Gasteiger partial charge in [-0.1, -0.05) is 19.8 Å². The lowest BCUT2D eigenvalue weighted by Crippen LogP contribution is -2.42. The molecule has 0 unspecified atom stereocenters. The molecule has 1 aliphatic heterocycles. The third-order valence-corrected chi connectivity index (χ3v) is 7.77. The largest absolute Gasteiger partial charge is 0.449 e. The molecular formula is C25H42Cl2N8O2. The van der Waals surface area contributed by atoms with E-state index in [2.05, 4.69) is 15.2 Å². The molecule has 0 radical (unpaired) electrons. The summed E-state index contributed by atoms with van der Waals surface area (Å²) in [6.07, 6.45) is 13.3. The number of hydrogen-bond donors (Lipinski definition) is 3. The number of likely N-dealkylation sites (tertiary alicyclic amines) is 1. The summed E-state index contributed by atoms with van der Waals surface area (Å²) in [6, 6.07) is 1.34. The lowest BCUT2D eigenvalue weighted by molar-refractivity contribution is 0.0939. The molecule has 4 N–H and O–H groups in total. The molecule has 3 heterocycles. The zero-order valence-corrected chi connectivity index (χ0v) is 23.4. The Bertz CT molecular complexity index is 1000. The summed E-state index contributed by atoms with van der Waals surface area (Å²) in [7, 11) is 0. The molecule has 1 amide bonds. The van der Waals surface area contributed by atoms with E-state index in [0.29, 0.717) is 43.8 Å². The number of fused-ring (bicyclic) bond motifs is 1. The van der Waals surface area contributed by atoms with Crippen LogP contribution < -0.4 is 16.4 Å².